The minimum absolute atomic E-state index is 0.0159. The second kappa shape index (κ2) is 11.5. The molecule has 4 aromatic carbocycles. The van der Waals surface area contributed by atoms with Gasteiger partial charge in [-0.2, -0.15) is 0 Å². The van der Waals surface area contributed by atoms with Crippen molar-refractivity contribution in [1.82, 2.24) is 0 Å². The van der Waals surface area contributed by atoms with Crippen molar-refractivity contribution in [2.24, 2.45) is 0 Å². The fraction of sp³-hybridized carbons (Fsp3) is 0.161. The number of nitrogens with one attached hydrogen (secondary N) is 3. The van der Waals surface area contributed by atoms with Gasteiger partial charge in [0.05, 0.1) is 10.7 Å². The Morgan fingerprint density at radius 3 is 1.90 bits per heavy atom. The van der Waals surface area contributed by atoms with E-state index in [1.54, 1.807) is 67.6 Å². The second-order valence-corrected chi connectivity index (χ2v) is 12.4. The van der Waals surface area contributed by atoms with Gasteiger partial charge in [-0.1, -0.05) is 68.8 Å². The van der Waals surface area contributed by atoms with Crippen molar-refractivity contribution in [3.05, 3.63) is 118 Å². The minimum atomic E-state index is -4.06. The normalized spacial score (nSPS) is 11.5. The largest absolute Gasteiger partial charge is 0.322 e. The van der Waals surface area contributed by atoms with Crippen molar-refractivity contribution in [2.45, 2.75) is 38.0 Å². The standard InChI is InChI=1S/C31H30ClN3O4S/c1-20-8-5-6-11-27(20)35-40(38,39)28-18-22(14-17-26(28)32)30(37)34-25-10-7-9-24(19-25)33-29(36)21-12-15-23(16-13-21)31(2,3)4/h5-19,35H,1-4H3,(H,33,36)(H,34,37). The number of para-hydroxylation sites is 1. The van der Waals surface area contributed by atoms with E-state index in [0.29, 0.717) is 22.6 Å². The van der Waals surface area contributed by atoms with Gasteiger partial charge in [0.25, 0.3) is 21.8 Å². The Morgan fingerprint density at radius 2 is 1.30 bits per heavy atom. The van der Waals surface area contributed by atoms with E-state index >= 15 is 0 Å². The number of aryl methyl sites for hydroxylation is 1. The van der Waals surface area contributed by atoms with Crippen molar-refractivity contribution in [3.63, 3.8) is 0 Å². The Hall–Kier alpha value is -4.14. The van der Waals surface area contributed by atoms with Crippen LogP contribution in [0.3, 0.4) is 0 Å². The Morgan fingerprint density at radius 1 is 0.725 bits per heavy atom. The van der Waals surface area contributed by atoms with Crippen molar-refractivity contribution in [2.75, 3.05) is 15.4 Å². The van der Waals surface area contributed by atoms with Crippen LogP contribution in [-0.4, -0.2) is 20.2 Å². The summed E-state index contributed by atoms with van der Waals surface area (Å²) >= 11 is 6.21. The van der Waals surface area contributed by atoms with Crippen LogP contribution in [-0.2, 0) is 15.4 Å². The third kappa shape index (κ3) is 6.89. The summed E-state index contributed by atoms with van der Waals surface area (Å²) in [5.74, 6) is -0.817. The lowest BCUT2D eigenvalue weighted by atomic mass is 9.87. The van der Waals surface area contributed by atoms with Crippen LogP contribution in [0, 0.1) is 6.92 Å². The molecular weight excluding hydrogens is 546 g/mol. The highest BCUT2D eigenvalue weighted by molar-refractivity contribution is 7.92. The first-order valence-corrected chi connectivity index (χ1v) is 14.4. The van der Waals surface area contributed by atoms with E-state index in [-0.39, 0.29) is 26.8 Å². The molecule has 4 rings (SSSR count). The molecule has 0 heterocycles. The summed E-state index contributed by atoms with van der Waals surface area (Å²) in [5.41, 5.74) is 3.78. The van der Waals surface area contributed by atoms with Crippen LogP contribution in [0.4, 0.5) is 17.1 Å². The van der Waals surface area contributed by atoms with Crippen LogP contribution >= 0.6 is 11.6 Å². The van der Waals surface area contributed by atoms with Crippen molar-refractivity contribution in [1.29, 1.82) is 0 Å². The zero-order valence-electron chi connectivity index (χ0n) is 22.6. The Kier molecular flexibility index (Phi) is 8.32. The van der Waals surface area contributed by atoms with Gasteiger partial charge in [-0.05, 0) is 78.1 Å². The predicted octanol–water partition coefficient (Wildman–Crippen LogP) is 7.25. The zero-order valence-corrected chi connectivity index (χ0v) is 24.2. The summed E-state index contributed by atoms with van der Waals surface area (Å²) in [6, 6.07) is 25.1. The number of hydrogen-bond acceptors (Lipinski definition) is 4. The number of rotatable bonds is 7. The molecule has 0 spiro atoms. The lowest BCUT2D eigenvalue weighted by molar-refractivity contribution is 0.101. The number of benzene rings is 4. The third-order valence-electron chi connectivity index (χ3n) is 6.26. The summed E-state index contributed by atoms with van der Waals surface area (Å²) in [6.45, 7) is 8.10. The molecule has 0 aliphatic heterocycles. The van der Waals surface area contributed by atoms with Crippen LogP contribution in [0.5, 0.6) is 0 Å². The molecule has 40 heavy (non-hydrogen) atoms. The van der Waals surface area contributed by atoms with Crippen LogP contribution in [0.25, 0.3) is 0 Å². The number of hydrogen-bond donors (Lipinski definition) is 3. The number of carbonyl (C=O) groups is 2. The van der Waals surface area contributed by atoms with Gasteiger partial charge in [-0.15, -0.1) is 0 Å². The summed E-state index contributed by atoms with van der Waals surface area (Å²) in [6.07, 6.45) is 0. The topological polar surface area (TPSA) is 104 Å². The highest BCUT2D eigenvalue weighted by Crippen LogP contribution is 2.27. The highest BCUT2D eigenvalue weighted by atomic mass is 35.5. The van der Waals surface area contributed by atoms with E-state index in [0.717, 1.165) is 11.1 Å². The summed E-state index contributed by atoms with van der Waals surface area (Å²) in [5, 5.41) is 5.57. The third-order valence-corrected chi connectivity index (χ3v) is 8.11. The molecule has 0 bridgehead atoms. The summed E-state index contributed by atoms with van der Waals surface area (Å²) in [7, 11) is -4.06. The van der Waals surface area contributed by atoms with Gasteiger partial charge in [0.2, 0.25) is 0 Å². The van der Waals surface area contributed by atoms with Crippen LogP contribution in [0.1, 0.15) is 52.6 Å². The molecule has 7 nitrogen and oxygen atoms in total. The average molecular weight is 576 g/mol. The van der Waals surface area contributed by atoms with Crippen LogP contribution in [0.15, 0.2) is 95.9 Å². The van der Waals surface area contributed by atoms with Crippen LogP contribution in [0.2, 0.25) is 5.02 Å². The lowest BCUT2D eigenvalue weighted by Gasteiger charge is -2.19. The SMILES string of the molecule is Cc1ccccc1NS(=O)(=O)c1cc(C(=O)Nc2cccc(NC(=O)c3ccc(C(C)(C)C)cc3)c2)ccc1Cl. The van der Waals surface area contributed by atoms with Gasteiger partial charge in [0.15, 0.2) is 0 Å². The smallest absolute Gasteiger partial charge is 0.263 e. The summed E-state index contributed by atoms with van der Waals surface area (Å²) < 4.78 is 28.7. The molecule has 4 aromatic rings. The molecule has 206 valence electrons. The van der Waals surface area contributed by atoms with Crippen molar-refractivity contribution in [3.8, 4) is 0 Å². The molecule has 2 amide bonds. The molecule has 0 aliphatic rings. The molecule has 0 radical (unpaired) electrons. The van der Waals surface area contributed by atoms with E-state index < -0.39 is 15.9 Å². The average Bonchev–Trinajstić information content (AvgIpc) is 2.90. The molecule has 0 fully saturated rings. The first-order valence-electron chi connectivity index (χ1n) is 12.5. The van der Waals surface area contributed by atoms with Crippen LogP contribution < -0.4 is 15.4 Å². The van der Waals surface area contributed by atoms with Gasteiger partial charge >= 0.3 is 0 Å². The van der Waals surface area contributed by atoms with E-state index in [1.807, 2.05) is 12.1 Å². The Balaban J connectivity index is 1.48. The van der Waals surface area contributed by atoms with Crippen molar-refractivity contribution >= 4 is 50.5 Å². The van der Waals surface area contributed by atoms with E-state index in [9.17, 15) is 18.0 Å². The lowest BCUT2D eigenvalue weighted by Crippen LogP contribution is -2.17. The number of carbonyl (C=O) groups excluding carboxylic acids is 2. The number of amides is 2. The quantitative estimate of drug-likeness (QED) is 0.216. The number of halogens is 1. The van der Waals surface area contributed by atoms with Gasteiger partial charge in [-0.3, -0.25) is 14.3 Å². The fourth-order valence-electron chi connectivity index (χ4n) is 3.94. The Labute approximate surface area is 239 Å². The minimum Gasteiger partial charge on any atom is -0.322 e. The zero-order chi connectivity index (χ0) is 29.1. The van der Waals surface area contributed by atoms with E-state index in [4.69, 9.17) is 11.6 Å². The maximum atomic E-state index is 13.1. The van der Waals surface area contributed by atoms with Gasteiger partial charge < -0.3 is 10.6 Å². The number of anilines is 3. The van der Waals surface area contributed by atoms with E-state index in [1.165, 1.54) is 18.2 Å². The highest BCUT2D eigenvalue weighted by Gasteiger charge is 2.21. The van der Waals surface area contributed by atoms with Gasteiger partial charge in [-0.25, -0.2) is 8.42 Å². The molecule has 0 unspecified atom stereocenters. The Bertz CT molecular complexity index is 1680. The molecule has 0 saturated heterocycles. The van der Waals surface area contributed by atoms with Crippen molar-refractivity contribution < 1.29 is 18.0 Å². The monoisotopic (exact) mass is 575 g/mol. The number of sulfonamides is 1. The fourth-order valence-corrected chi connectivity index (χ4v) is 5.60. The van der Waals surface area contributed by atoms with Gasteiger partial charge in [0, 0.05) is 22.5 Å². The maximum Gasteiger partial charge on any atom is 0.263 e. The first-order chi connectivity index (χ1) is 18.8. The molecule has 0 aliphatic carbocycles. The molecule has 0 atom stereocenters. The maximum absolute atomic E-state index is 13.1. The molecule has 3 N–H and O–H groups in total. The van der Waals surface area contributed by atoms with E-state index in [2.05, 4.69) is 36.1 Å². The summed E-state index contributed by atoms with van der Waals surface area (Å²) in [4.78, 5) is 25.6. The van der Waals surface area contributed by atoms with Gasteiger partial charge in [0.1, 0.15) is 4.90 Å². The second-order valence-electron chi connectivity index (χ2n) is 10.4. The molecule has 9 heteroatoms. The molecule has 0 aromatic heterocycles. The molecule has 0 saturated carbocycles. The first kappa shape index (κ1) is 28.9. The predicted molar refractivity (Wildman–Crippen MR) is 161 cm³/mol. The molecular formula is C31H30ClN3O4S.